The summed E-state index contributed by atoms with van der Waals surface area (Å²) in [4.78, 5) is 26.8. The first kappa shape index (κ1) is 15.2. The molecule has 0 aliphatic heterocycles. The highest BCUT2D eigenvalue weighted by molar-refractivity contribution is 7.22. The zero-order valence-electron chi connectivity index (χ0n) is 11.9. The van der Waals surface area contributed by atoms with Gasteiger partial charge in [0, 0.05) is 19.9 Å². The number of rotatable bonds is 6. The van der Waals surface area contributed by atoms with E-state index in [2.05, 4.69) is 15.6 Å². The van der Waals surface area contributed by atoms with Crippen molar-refractivity contribution >= 4 is 38.5 Å². The van der Waals surface area contributed by atoms with E-state index in [-0.39, 0.29) is 18.2 Å². The molecule has 0 saturated carbocycles. The van der Waals surface area contributed by atoms with Crippen molar-refractivity contribution in [2.75, 3.05) is 18.5 Å². The highest BCUT2D eigenvalue weighted by atomic mass is 32.1. The maximum Gasteiger partial charge on any atom is 0.227 e. The van der Waals surface area contributed by atoms with Crippen LogP contribution in [-0.2, 0) is 9.59 Å². The average molecular weight is 307 g/mol. The van der Waals surface area contributed by atoms with Crippen molar-refractivity contribution in [1.29, 1.82) is 0 Å². The van der Waals surface area contributed by atoms with E-state index in [4.69, 9.17) is 4.74 Å². The van der Waals surface area contributed by atoms with Crippen molar-refractivity contribution < 1.29 is 14.3 Å². The van der Waals surface area contributed by atoms with E-state index in [1.54, 1.807) is 0 Å². The highest BCUT2D eigenvalue weighted by Crippen LogP contribution is 2.29. The van der Waals surface area contributed by atoms with Crippen LogP contribution in [0.3, 0.4) is 0 Å². The third kappa shape index (κ3) is 4.42. The number of hydrogen-bond donors (Lipinski definition) is 2. The molecule has 0 saturated heterocycles. The summed E-state index contributed by atoms with van der Waals surface area (Å²) in [6, 6.07) is 5.63. The molecule has 0 bridgehead atoms. The topological polar surface area (TPSA) is 80.3 Å². The Bertz CT molecular complexity index is 654. The molecular weight excluding hydrogens is 290 g/mol. The number of nitrogens with zero attached hydrogens (tertiary/aromatic N) is 1. The summed E-state index contributed by atoms with van der Waals surface area (Å²) in [5, 5.41) is 5.86. The van der Waals surface area contributed by atoms with Crippen LogP contribution >= 0.6 is 11.3 Å². The lowest BCUT2D eigenvalue weighted by molar-refractivity contribution is -0.119. The van der Waals surface area contributed by atoms with Gasteiger partial charge in [-0.2, -0.15) is 0 Å². The third-order valence-corrected chi connectivity index (χ3v) is 3.58. The van der Waals surface area contributed by atoms with Crippen LogP contribution in [-0.4, -0.2) is 29.9 Å². The predicted octanol–water partition coefficient (Wildman–Crippen LogP) is 2.16. The fraction of sp³-hybridized carbons (Fsp3) is 0.357. The van der Waals surface area contributed by atoms with Crippen LogP contribution < -0.4 is 15.4 Å². The maximum absolute atomic E-state index is 11.7. The van der Waals surface area contributed by atoms with E-state index in [0.717, 1.165) is 16.0 Å². The van der Waals surface area contributed by atoms with Gasteiger partial charge in [-0.3, -0.25) is 9.59 Å². The molecule has 112 valence electrons. The molecule has 7 heteroatoms. The molecule has 2 aromatic rings. The van der Waals surface area contributed by atoms with Gasteiger partial charge in [-0.25, -0.2) is 4.98 Å². The molecule has 0 aliphatic rings. The van der Waals surface area contributed by atoms with Gasteiger partial charge in [-0.05, 0) is 25.1 Å². The minimum atomic E-state index is -0.173. The molecule has 2 N–H and O–H groups in total. The lowest BCUT2D eigenvalue weighted by Crippen LogP contribution is -2.25. The summed E-state index contributed by atoms with van der Waals surface area (Å²) in [5.74, 6) is 0.469. The number of thiazole rings is 1. The second-order valence-corrected chi connectivity index (χ2v) is 5.39. The van der Waals surface area contributed by atoms with Gasteiger partial charge >= 0.3 is 0 Å². The Labute approximate surface area is 126 Å². The van der Waals surface area contributed by atoms with Gasteiger partial charge in [0.25, 0.3) is 0 Å². The Morgan fingerprint density at radius 1 is 1.38 bits per heavy atom. The van der Waals surface area contributed by atoms with Gasteiger partial charge in [0.05, 0.1) is 16.8 Å². The molecule has 1 aromatic carbocycles. The van der Waals surface area contributed by atoms with Crippen molar-refractivity contribution in [1.82, 2.24) is 10.3 Å². The van der Waals surface area contributed by atoms with E-state index in [1.165, 1.54) is 18.3 Å². The van der Waals surface area contributed by atoms with Crippen LogP contribution in [0, 0.1) is 0 Å². The molecule has 0 aliphatic carbocycles. The summed E-state index contributed by atoms with van der Waals surface area (Å²) in [6.45, 7) is 4.27. The summed E-state index contributed by atoms with van der Waals surface area (Å²) >= 11 is 1.39. The third-order valence-electron chi connectivity index (χ3n) is 2.64. The SMILES string of the molecule is CCOc1ccc2nc(NC(=O)CCNC(C)=O)sc2c1. The lowest BCUT2D eigenvalue weighted by atomic mass is 10.3. The largest absolute Gasteiger partial charge is 0.494 e. The molecule has 0 spiro atoms. The number of carbonyl (C=O) groups excluding carboxylic acids is 2. The molecule has 0 atom stereocenters. The quantitative estimate of drug-likeness (QED) is 0.857. The monoisotopic (exact) mass is 307 g/mol. The van der Waals surface area contributed by atoms with E-state index >= 15 is 0 Å². The van der Waals surface area contributed by atoms with Crippen molar-refractivity contribution in [3.8, 4) is 5.75 Å². The van der Waals surface area contributed by atoms with Crippen molar-refractivity contribution in [2.45, 2.75) is 20.3 Å². The van der Waals surface area contributed by atoms with E-state index < -0.39 is 0 Å². The molecular formula is C14H17N3O3S. The second-order valence-electron chi connectivity index (χ2n) is 4.36. The first-order valence-electron chi connectivity index (χ1n) is 6.66. The first-order chi connectivity index (χ1) is 10.1. The summed E-state index contributed by atoms with van der Waals surface area (Å²) in [6.07, 6.45) is 0.222. The zero-order valence-corrected chi connectivity index (χ0v) is 12.8. The van der Waals surface area contributed by atoms with Crippen LogP contribution in [0.15, 0.2) is 18.2 Å². The fourth-order valence-corrected chi connectivity index (χ4v) is 2.66. The van der Waals surface area contributed by atoms with Crippen LogP contribution in [0.1, 0.15) is 20.3 Å². The smallest absolute Gasteiger partial charge is 0.227 e. The molecule has 0 fully saturated rings. The minimum absolute atomic E-state index is 0.147. The van der Waals surface area contributed by atoms with Gasteiger partial charge in [-0.1, -0.05) is 11.3 Å². The Kier molecular flexibility index (Phi) is 5.10. The van der Waals surface area contributed by atoms with Crippen molar-refractivity contribution in [2.24, 2.45) is 0 Å². The number of nitrogens with one attached hydrogen (secondary N) is 2. The van der Waals surface area contributed by atoms with E-state index in [0.29, 0.717) is 18.3 Å². The van der Waals surface area contributed by atoms with Crippen LogP contribution in [0.4, 0.5) is 5.13 Å². The minimum Gasteiger partial charge on any atom is -0.494 e. The number of ether oxygens (including phenoxy) is 1. The highest BCUT2D eigenvalue weighted by Gasteiger charge is 2.08. The standard InChI is InChI=1S/C14H17N3O3S/c1-3-20-10-4-5-11-12(8-10)21-14(16-11)17-13(19)6-7-15-9(2)18/h4-5,8H,3,6-7H2,1-2H3,(H,15,18)(H,16,17,19). The molecule has 2 amide bonds. The normalized spacial score (nSPS) is 10.4. The summed E-state index contributed by atoms with van der Waals surface area (Å²) < 4.78 is 6.39. The van der Waals surface area contributed by atoms with Gasteiger partial charge in [0.2, 0.25) is 11.8 Å². The Morgan fingerprint density at radius 3 is 2.90 bits per heavy atom. The average Bonchev–Trinajstić information content (AvgIpc) is 2.80. The van der Waals surface area contributed by atoms with Gasteiger partial charge in [-0.15, -0.1) is 0 Å². The van der Waals surface area contributed by atoms with Crippen LogP contribution in [0.25, 0.3) is 10.2 Å². The Balaban J connectivity index is 1.98. The molecule has 2 rings (SSSR count). The number of anilines is 1. The number of aromatic nitrogens is 1. The summed E-state index contributed by atoms with van der Waals surface area (Å²) in [7, 11) is 0. The number of hydrogen-bond acceptors (Lipinski definition) is 5. The molecule has 0 radical (unpaired) electrons. The van der Waals surface area contributed by atoms with Crippen LogP contribution in [0.5, 0.6) is 5.75 Å². The molecule has 0 unspecified atom stereocenters. The van der Waals surface area contributed by atoms with Crippen molar-refractivity contribution in [3.05, 3.63) is 18.2 Å². The van der Waals surface area contributed by atoms with Gasteiger partial charge in [0.1, 0.15) is 5.75 Å². The maximum atomic E-state index is 11.7. The Morgan fingerprint density at radius 2 is 2.19 bits per heavy atom. The van der Waals surface area contributed by atoms with Crippen molar-refractivity contribution in [3.63, 3.8) is 0 Å². The number of amides is 2. The molecule has 1 aromatic heterocycles. The van der Waals surface area contributed by atoms with Crippen LogP contribution in [0.2, 0.25) is 0 Å². The summed E-state index contributed by atoms with van der Waals surface area (Å²) in [5.41, 5.74) is 0.820. The molecule has 6 nitrogen and oxygen atoms in total. The molecule has 21 heavy (non-hydrogen) atoms. The number of carbonyl (C=O) groups is 2. The van der Waals surface area contributed by atoms with Gasteiger partial charge in [0.15, 0.2) is 5.13 Å². The lowest BCUT2D eigenvalue weighted by Gasteiger charge is -2.01. The molecule has 1 heterocycles. The number of benzene rings is 1. The Hall–Kier alpha value is -2.15. The predicted molar refractivity (Wildman–Crippen MR) is 82.7 cm³/mol. The first-order valence-corrected chi connectivity index (χ1v) is 7.48. The zero-order chi connectivity index (χ0) is 15.2. The second kappa shape index (κ2) is 7.03. The van der Waals surface area contributed by atoms with E-state index in [1.807, 2.05) is 25.1 Å². The van der Waals surface area contributed by atoms with Gasteiger partial charge < -0.3 is 15.4 Å². The fourth-order valence-electron chi connectivity index (χ4n) is 1.75. The van der Waals surface area contributed by atoms with E-state index in [9.17, 15) is 9.59 Å². The number of fused-ring (bicyclic) bond motifs is 1.